The summed E-state index contributed by atoms with van der Waals surface area (Å²) in [7, 11) is 0. The second-order valence-corrected chi connectivity index (χ2v) is 7.28. The Balaban J connectivity index is 1.43. The summed E-state index contributed by atoms with van der Waals surface area (Å²) in [5, 5.41) is 7.29. The molecule has 162 valence electrons. The summed E-state index contributed by atoms with van der Waals surface area (Å²) in [6.45, 7) is 2.70. The number of aromatic nitrogens is 3. The number of alkyl halides is 3. The third-order valence-electron chi connectivity index (χ3n) is 5.05. The van der Waals surface area contributed by atoms with Crippen LogP contribution in [0.3, 0.4) is 0 Å². The van der Waals surface area contributed by atoms with E-state index in [0.29, 0.717) is 43.1 Å². The van der Waals surface area contributed by atoms with Gasteiger partial charge in [0.1, 0.15) is 11.8 Å². The Labute approximate surface area is 175 Å². The Morgan fingerprint density at radius 3 is 2.71 bits per heavy atom. The first kappa shape index (κ1) is 21.0. The van der Waals surface area contributed by atoms with Gasteiger partial charge in [-0.25, -0.2) is 4.63 Å². The molecule has 4 rings (SSSR count). The molecular weight excluding hydrogens is 413 g/mol. The number of rotatable bonds is 4. The van der Waals surface area contributed by atoms with Gasteiger partial charge in [0.05, 0.1) is 24.4 Å². The molecule has 1 amide bonds. The SMILES string of the molecule is Cc1nonc1C(=O)N1CCOC(c2ccc(Cc3cccc(C(F)(F)F)c3)cn2)C1. The van der Waals surface area contributed by atoms with Gasteiger partial charge in [0.2, 0.25) is 0 Å². The van der Waals surface area contributed by atoms with E-state index in [1.807, 2.05) is 0 Å². The van der Waals surface area contributed by atoms with Crippen LogP contribution in [-0.4, -0.2) is 45.8 Å². The molecule has 1 aromatic carbocycles. The number of carbonyl (C=O) groups is 1. The lowest BCUT2D eigenvalue weighted by molar-refractivity contribution is -0.137. The highest BCUT2D eigenvalue weighted by Crippen LogP contribution is 2.30. The molecule has 0 bridgehead atoms. The number of ether oxygens (including phenoxy) is 1. The summed E-state index contributed by atoms with van der Waals surface area (Å²) in [6.07, 6.45) is -2.85. The number of pyridine rings is 1. The van der Waals surface area contributed by atoms with E-state index in [0.717, 1.165) is 17.7 Å². The van der Waals surface area contributed by atoms with E-state index in [9.17, 15) is 18.0 Å². The maximum atomic E-state index is 12.9. The molecule has 1 fully saturated rings. The zero-order chi connectivity index (χ0) is 22.0. The molecule has 1 aliphatic rings. The zero-order valence-electron chi connectivity index (χ0n) is 16.6. The second-order valence-electron chi connectivity index (χ2n) is 7.28. The third-order valence-corrected chi connectivity index (χ3v) is 5.05. The molecule has 1 atom stereocenters. The molecule has 10 heteroatoms. The normalized spacial score (nSPS) is 17.0. The van der Waals surface area contributed by atoms with Crippen LogP contribution in [-0.2, 0) is 17.3 Å². The van der Waals surface area contributed by atoms with Crippen molar-refractivity contribution < 1.29 is 27.3 Å². The van der Waals surface area contributed by atoms with E-state index in [1.54, 1.807) is 36.2 Å². The lowest BCUT2D eigenvalue weighted by Gasteiger charge is -2.32. The van der Waals surface area contributed by atoms with Crippen LogP contribution >= 0.6 is 0 Å². The summed E-state index contributed by atoms with van der Waals surface area (Å²) in [5.74, 6) is -0.284. The van der Waals surface area contributed by atoms with Crippen LogP contribution in [0.1, 0.15) is 44.7 Å². The first-order chi connectivity index (χ1) is 14.8. The van der Waals surface area contributed by atoms with Crippen molar-refractivity contribution in [2.24, 2.45) is 0 Å². The van der Waals surface area contributed by atoms with Crippen LogP contribution in [0.25, 0.3) is 0 Å². The van der Waals surface area contributed by atoms with Crippen LogP contribution in [0.15, 0.2) is 47.2 Å². The standard InChI is InChI=1S/C21H19F3N4O3/c1-13-19(27-31-26-13)20(29)28-7-8-30-18(12-28)17-6-5-15(11-25-17)9-14-3-2-4-16(10-14)21(22,23)24/h2-6,10-11,18H,7-9,12H2,1H3. The van der Waals surface area contributed by atoms with Crippen molar-refractivity contribution in [3.63, 3.8) is 0 Å². The molecule has 0 radical (unpaired) electrons. The highest BCUT2D eigenvalue weighted by molar-refractivity contribution is 5.93. The van der Waals surface area contributed by atoms with Crippen LogP contribution in [0, 0.1) is 6.92 Å². The number of nitrogens with zero attached hydrogens (tertiary/aromatic N) is 4. The molecule has 31 heavy (non-hydrogen) atoms. The molecule has 0 spiro atoms. The van der Waals surface area contributed by atoms with E-state index in [-0.39, 0.29) is 11.6 Å². The average molecular weight is 432 g/mol. The van der Waals surface area contributed by atoms with E-state index >= 15 is 0 Å². The van der Waals surface area contributed by atoms with Crippen molar-refractivity contribution in [2.75, 3.05) is 19.7 Å². The Morgan fingerprint density at radius 2 is 2.03 bits per heavy atom. The number of aryl methyl sites for hydroxylation is 1. The van der Waals surface area contributed by atoms with Crippen LogP contribution < -0.4 is 0 Å². The van der Waals surface area contributed by atoms with E-state index < -0.39 is 17.8 Å². The van der Waals surface area contributed by atoms with Gasteiger partial charge in [-0.2, -0.15) is 13.2 Å². The molecule has 0 N–H and O–H groups in total. The van der Waals surface area contributed by atoms with Gasteiger partial charge in [0.15, 0.2) is 5.69 Å². The van der Waals surface area contributed by atoms with Gasteiger partial charge >= 0.3 is 6.18 Å². The van der Waals surface area contributed by atoms with E-state index in [4.69, 9.17) is 4.74 Å². The highest BCUT2D eigenvalue weighted by Gasteiger charge is 2.31. The van der Waals surface area contributed by atoms with Crippen molar-refractivity contribution >= 4 is 5.91 Å². The molecule has 0 saturated carbocycles. The lowest BCUT2D eigenvalue weighted by Crippen LogP contribution is -2.42. The van der Waals surface area contributed by atoms with Crippen molar-refractivity contribution in [3.05, 3.63) is 76.4 Å². The molecule has 3 heterocycles. The van der Waals surface area contributed by atoms with Crippen molar-refractivity contribution in [3.8, 4) is 0 Å². The number of benzene rings is 1. The lowest BCUT2D eigenvalue weighted by atomic mass is 10.0. The first-order valence-corrected chi connectivity index (χ1v) is 9.62. The maximum absolute atomic E-state index is 12.9. The summed E-state index contributed by atoms with van der Waals surface area (Å²) in [6, 6.07) is 8.81. The van der Waals surface area contributed by atoms with Gasteiger partial charge < -0.3 is 9.64 Å². The van der Waals surface area contributed by atoms with Crippen LogP contribution in [0.2, 0.25) is 0 Å². The predicted molar refractivity (Wildman–Crippen MR) is 102 cm³/mol. The Hall–Kier alpha value is -3.27. The number of amides is 1. The van der Waals surface area contributed by atoms with Crippen LogP contribution in [0.5, 0.6) is 0 Å². The molecule has 7 nitrogen and oxygen atoms in total. The topological polar surface area (TPSA) is 81.4 Å². The number of hydrogen-bond acceptors (Lipinski definition) is 6. The average Bonchev–Trinajstić information content (AvgIpc) is 3.19. The quantitative estimate of drug-likeness (QED) is 0.627. The fourth-order valence-corrected chi connectivity index (χ4v) is 3.41. The number of hydrogen-bond donors (Lipinski definition) is 0. The summed E-state index contributed by atoms with van der Waals surface area (Å²) in [5.41, 5.74) is 1.88. The van der Waals surface area contributed by atoms with Crippen LogP contribution in [0.4, 0.5) is 13.2 Å². The van der Waals surface area contributed by atoms with Gasteiger partial charge in [-0.1, -0.05) is 29.4 Å². The molecular formula is C21H19F3N4O3. The van der Waals surface area contributed by atoms with Gasteiger partial charge in [0.25, 0.3) is 5.91 Å². The summed E-state index contributed by atoms with van der Waals surface area (Å²) < 4.78 is 49.1. The Bertz CT molecular complexity index is 1070. The Morgan fingerprint density at radius 1 is 1.19 bits per heavy atom. The van der Waals surface area contributed by atoms with Gasteiger partial charge in [-0.3, -0.25) is 9.78 Å². The van der Waals surface area contributed by atoms with Gasteiger partial charge in [0, 0.05) is 12.7 Å². The zero-order valence-corrected chi connectivity index (χ0v) is 16.6. The number of morpholine rings is 1. The number of halogens is 3. The van der Waals surface area contributed by atoms with E-state index in [1.165, 1.54) is 6.07 Å². The Kier molecular flexibility index (Phi) is 5.73. The van der Waals surface area contributed by atoms with Crippen molar-refractivity contribution in [1.29, 1.82) is 0 Å². The first-order valence-electron chi connectivity index (χ1n) is 9.62. The maximum Gasteiger partial charge on any atom is 0.416 e. The smallest absolute Gasteiger partial charge is 0.368 e. The van der Waals surface area contributed by atoms with Crippen molar-refractivity contribution in [1.82, 2.24) is 20.2 Å². The molecule has 1 unspecified atom stereocenters. The number of carbonyl (C=O) groups excluding carboxylic acids is 1. The fraction of sp³-hybridized carbons (Fsp3) is 0.333. The largest absolute Gasteiger partial charge is 0.416 e. The van der Waals surface area contributed by atoms with E-state index in [2.05, 4.69) is 19.9 Å². The molecule has 1 saturated heterocycles. The third kappa shape index (κ3) is 4.74. The van der Waals surface area contributed by atoms with Gasteiger partial charge in [-0.15, -0.1) is 0 Å². The summed E-state index contributed by atoms with van der Waals surface area (Å²) in [4.78, 5) is 18.6. The molecule has 1 aliphatic heterocycles. The van der Waals surface area contributed by atoms with Crippen molar-refractivity contribution in [2.45, 2.75) is 25.6 Å². The highest BCUT2D eigenvalue weighted by atomic mass is 19.4. The minimum atomic E-state index is -4.37. The molecule has 3 aromatic rings. The minimum absolute atomic E-state index is 0.171. The summed E-state index contributed by atoms with van der Waals surface area (Å²) >= 11 is 0. The monoisotopic (exact) mass is 432 g/mol. The fourth-order valence-electron chi connectivity index (χ4n) is 3.41. The minimum Gasteiger partial charge on any atom is -0.368 e. The molecule has 0 aliphatic carbocycles. The second kappa shape index (κ2) is 8.46. The molecule has 2 aromatic heterocycles. The van der Waals surface area contributed by atoms with Gasteiger partial charge in [-0.05, 0) is 41.8 Å². The predicted octanol–water partition coefficient (Wildman–Crippen LogP) is 3.60.